The number of non-ortho nitro benzene ring substituents is 1. The van der Waals surface area contributed by atoms with Gasteiger partial charge in [0, 0.05) is 23.4 Å². The van der Waals surface area contributed by atoms with Crippen molar-refractivity contribution in [1.82, 2.24) is 4.90 Å². The molecule has 1 aliphatic rings. The zero-order valence-electron chi connectivity index (χ0n) is 20.7. The highest BCUT2D eigenvalue weighted by molar-refractivity contribution is 8.18. The summed E-state index contributed by atoms with van der Waals surface area (Å²) in [4.78, 5) is 49.9. The molecule has 200 valence electrons. The van der Waals surface area contributed by atoms with Gasteiger partial charge in [0.1, 0.15) is 24.7 Å². The molecule has 9 nitrogen and oxygen atoms in total. The standard InChI is InChI=1S/C29H20FN3O6S/c30-20-7-4-8-21(14-20)31-27(34)16-32-28(35)26(40-29(32)36)15-24-23-10-2-1-6-19(23)11-12-25(24)39-17-18-5-3-9-22(13-18)33(37)38/h1-15H,16-17H2,(H,31,34)/b26-15+. The molecule has 4 aromatic rings. The van der Waals surface area contributed by atoms with Crippen molar-refractivity contribution in [2.75, 3.05) is 11.9 Å². The number of carbonyl (C=O) groups is 3. The Kier molecular flexibility index (Phi) is 7.56. The molecular weight excluding hydrogens is 537 g/mol. The Hall–Kier alpha value is -5.03. The van der Waals surface area contributed by atoms with E-state index in [1.54, 1.807) is 24.3 Å². The number of benzene rings is 4. The molecule has 1 saturated heterocycles. The van der Waals surface area contributed by atoms with Gasteiger partial charge in [-0.2, -0.15) is 0 Å². The summed E-state index contributed by atoms with van der Waals surface area (Å²) >= 11 is 0.692. The van der Waals surface area contributed by atoms with Crippen molar-refractivity contribution in [3.8, 4) is 5.75 Å². The van der Waals surface area contributed by atoms with Crippen molar-refractivity contribution in [1.29, 1.82) is 0 Å². The third-order valence-electron chi connectivity index (χ3n) is 6.01. The lowest BCUT2D eigenvalue weighted by atomic mass is 10.0. The van der Waals surface area contributed by atoms with Crippen LogP contribution in [-0.4, -0.2) is 33.4 Å². The molecule has 1 N–H and O–H groups in total. The van der Waals surface area contributed by atoms with Gasteiger partial charge < -0.3 is 10.1 Å². The average molecular weight is 558 g/mol. The highest BCUT2D eigenvalue weighted by Crippen LogP contribution is 2.37. The monoisotopic (exact) mass is 557 g/mol. The summed E-state index contributed by atoms with van der Waals surface area (Å²) in [7, 11) is 0. The van der Waals surface area contributed by atoms with Crippen LogP contribution in [-0.2, 0) is 16.2 Å². The van der Waals surface area contributed by atoms with Gasteiger partial charge in [-0.25, -0.2) is 4.39 Å². The number of thioether (sulfide) groups is 1. The maximum Gasteiger partial charge on any atom is 0.294 e. The van der Waals surface area contributed by atoms with Crippen LogP contribution in [0.5, 0.6) is 5.75 Å². The summed E-state index contributed by atoms with van der Waals surface area (Å²) in [5, 5.41) is 14.6. The van der Waals surface area contributed by atoms with Gasteiger partial charge in [-0.15, -0.1) is 0 Å². The van der Waals surface area contributed by atoms with Crippen molar-refractivity contribution in [2.24, 2.45) is 0 Å². The van der Waals surface area contributed by atoms with E-state index in [1.165, 1.54) is 30.3 Å². The molecule has 0 spiro atoms. The van der Waals surface area contributed by atoms with E-state index in [0.29, 0.717) is 28.6 Å². The van der Waals surface area contributed by atoms with Crippen LogP contribution in [0.4, 0.5) is 20.6 Å². The number of fused-ring (bicyclic) bond motifs is 1. The molecule has 0 saturated carbocycles. The van der Waals surface area contributed by atoms with E-state index in [4.69, 9.17) is 4.74 Å². The minimum absolute atomic E-state index is 0.0303. The number of amides is 3. The molecule has 0 atom stereocenters. The van der Waals surface area contributed by atoms with Crippen LogP contribution in [0.2, 0.25) is 0 Å². The van der Waals surface area contributed by atoms with E-state index in [-0.39, 0.29) is 22.9 Å². The van der Waals surface area contributed by atoms with E-state index in [9.17, 15) is 28.9 Å². The summed E-state index contributed by atoms with van der Waals surface area (Å²) < 4.78 is 19.5. The minimum Gasteiger partial charge on any atom is -0.488 e. The fourth-order valence-corrected chi connectivity index (χ4v) is 4.97. The van der Waals surface area contributed by atoms with Crippen molar-refractivity contribution in [3.63, 3.8) is 0 Å². The number of nitrogens with zero attached hydrogens (tertiary/aromatic N) is 2. The highest BCUT2D eigenvalue weighted by atomic mass is 32.2. The SMILES string of the molecule is O=C(CN1C(=O)S/C(=C/c2c(OCc3cccc([N+](=O)[O-])c3)ccc3ccccc23)C1=O)Nc1cccc(F)c1. The fourth-order valence-electron chi connectivity index (χ4n) is 4.15. The number of nitro benzene ring substituents is 1. The second-order valence-electron chi connectivity index (χ2n) is 8.74. The number of hydrogen-bond acceptors (Lipinski definition) is 7. The topological polar surface area (TPSA) is 119 Å². The molecular formula is C29H20FN3O6S. The smallest absolute Gasteiger partial charge is 0.294 e. The van der Waals surface area contributed by atoms with Crippen molar-refractivity contribution in [2.45, 2.75) is 6.61 Å². The van der Waals surface area contributed by atoms with Crippen LogP contribution in [0.3, 0.4) is 0 Å². The predicted octanol–water partition coefficient (Wildman–Crippen LogP) is 6.14. The Morgan fingerprint density at radius 3 is 2.62 bits per heavy atom. The maximum absolute atomic E-state index is 13.4. The molecule has 0 bridgehead atoms. The van der Waals surface area contributed by atoms with Crippen LogP contribution >= 0.6 is 11.8 Å². The Morgan fingerprint density at radius 2 is 1.82 bits per heavy atom. The lowest BCUT2D eigenvalue weighted by Crippen LogP contribution is -2.36. The summed E-state index contributed by atoms with van der Waals surface area (Å²) in [5.74, 6) is -1.44. The van der Waals surface area contributed by atoms with Gasteiger partial charge in [0.15, 0.2) is 0 Å². The van der Waals surface area contributed by atoms with E-state index in [1.807, 2.05) is 30.3 Å². The number of rotatable bonds is 8. The maximum atomic E-state index is 13.4. The molecule has 0 radical (unpaired) electrons. The van der Waals surface area contributed by atoms with Gasteiger partial charge in [-0.1, -0.05) is 48.5 Å². The molecule has 4 aromatic carbocycles. The quantitative estimate of drug-likeness (QED) is 0.157. The Morgan fingerprint density at radius 1 is 1.02 bits per heavy atom. The van der Waals surface area contributed by atoms with E-state index in [2.05, 4.69) is 5.32 Å². The third-order valence-corrected chi connectivity index (χ3v) is 6.91. The van der Waals surface area contributed by atoms with Crippen LogP contribution < -0.4 is 10.1 Å². The summed E-state index contributed by atoms with van der Waals surface area (Å²) in [6, 6.07) is 22.3. The van der Waals surface area contributed by atoms with Crippen LogP contribution in [0, 0.1) is 15.9 Å². The normalized spacial score (nSPS) is 14.1. The number of imide groups is 1. The Bertz CT molecular complexity index is 1710. The predicted molar refractivity (Wildman–Crippen MR) is 149 cm³/mol. The van der Waals surface area contributed by atoms with Gasteiger partial charge in [0.2, 0.25) is 5.91 Å². The van der Waals surface area contributed by atoms with Gasteiger partial charge in [0.05, 0.1) is 9.83 Å². The number of ether oxygens (including phenoxy) is 1. The van der Waals surface area contributed by atoms with E-state index in [0.717, 1.165) is 21.7 Å². The lowest BCUT2D eigenvalue weighted by molar-refractivity contribution is -0.384. The van der Waals surface area contributed by atoms with Crippen molar-refractivity contribution < 1.29 is 28.4 Å². The number of halogens is 1. The van der Waals surface area contributed by atoms with E-state index >= 15 is 0 Å². The fraction of sp³-hybridized carbons (Fsp3) is 0.0690. The number of nitrogens with one attached hydrogen (secondary N) is 1. The molecule has 3 amide bonds. The summed E-state index contributed by atoms with van der Waals surface area (Å²) in [6.45, 7) is -0.507. The molecule has 0 unspecified atom stereocenters. The van der Waals surface area contributed by atoms with Crippen molar-refractivity contribution in [3.05, 3.63) is 117 Å². The van der Waals surface area contributed by atoms with Gasteiger partial charge in [-0.3, -0.25) is 29.4 Å². The zero-order chi connectivity index (χ0) is 28.2. The average Bonchev–Trinajstić information content (AvgIpc) is 3.20. The van der Waals surface area contributed by atoms with Crippen molar-refractivity contribution >= 4 is 57.0 Å². The van der Waals surface area contributed by atoms with E-state index < -0.39 is 34.3 Å². The summed E-state index contributed by atoms with van der Waals surface area (Å²) in [5.41, 5.74) is 1.26. The molecule has 5 rings (SSSR count). The first-order valence-electron chi connectivity index (χ1n) is 12.0. The largest absolute Gasteiger partial charge is 0.488 e. The molecule has 0 aliphatic carbocycles. The molecule has 1 fully saturated rings. The number of anilines is 1. The molecule has 1 heterocycles. The van der Waals surface area contributed by atoms with Gasteiger partial charge in [-0.05, 0) is 58.4 Å². The van der Waals surface area contributed by atoms with Gasteiger partial charge in [0.25, 0.3) is 16.8 Å². The molecule has 40 heavy (non-hydrogen) atoms. The number of hydrogen-bond donors (Lipinski definition) is 1. The lowest BCUT2D eigenvalue weighted by Gasteiger charge is -2.13. The first kappa shape index (κ1) is 26.6. The molecule has 0 aromatic heterocycles. The van der Waals surface area contributed by atoms with Crippen LogP contribution in [0.1, 0.15) is 11.1 Å². The first-order valence-corrected chi connectivity index (χ1v) is 12.8. The second kappa shape index (κ2) is 11.4. The van der Waals surface area contributed by atoms with Crippen LogP contribution in [0.15, 0.2) is 89.8 Å². The molecule has 11 heteroatoms. The highest BCUT2D eigenvalue weighted by Gasteiger charge is 2.36. The second-order valence-corrected chi connectivity index (χ2v) is 9.73. The Labute approximate surface area is 231 Å². The van der Waals surface area contributed by atoms with Crippen LogP contribution in [0.25, 0.3) is 16.8 Å². The molecule has 1 aliphatic heterocycles. The zero-order valence-corrected chi connectivity index (χ0v) is 21.5. The summed E-state index contributed by atoms with van der Waals surface area (Å²) in [6.07, 6.45) is 1.54. The minimum atomic E-state index is -0.653. The first-order chi connectivity index (χ1) is 19.3. The number of carbonyl (C=O) groups excluding carboxylic acids is 3. The third kappa shape index (κ3) is 5.84. The number of nitro groups is 1. The van der Waals surface area contributed by atoms with Gasteiger partial charge >= 0.3 is 0 Å². The Balaban J connectivity index is 1.40.